The van der Waals surface area contributed by atoms with Gasteiger partial charge in [-0.15, -0.1) is 0 Å². The molecule has 0 bridgehead atoms. The van der Waals surface area contributed by atoms with Gasteiger partial charge in [-0.3, -0.25) is 14.5 Å². The molecule has 1 aliphatic rings. The zero-order valence-corrected chi connectivity index (χ0v) is 13.5. The molecule has 1 fully saturated rings. The number of imide groups is 1. The molecule has 1 heterocycles. The molecule has 0 spiro atoms. The van der Waals surface area contributed by atoms with E-state index in [0.29, 0.717) is 17.1 Å². The fraction of sp³-hybridized carbons (Fsp3) is 0.400. The molecule has 6 nitrogen and oxygen atoms in total. The van der Waals surface area contributed by atoms with E-state index in [0.717, 1.165) is 10.5 Å². The normalized spacial score (nSPS) is 21.0. The molecular weight excluding hydrogens is 306 g/mol. The number of carbonyl (C=O) groups is 3. The van der Waals surface area contributed by atoms with Gasteiger partial charge in [-0.25, -0.2) is 4.79 Å². The highest BCUT2D eigenvalue weighted by atomic mass is 35.5. The second kappa shape index (κ2) is 5.96. The number of hydrogen-bond donors (Lipinski definition) is 2. The lowest BCUT2D eigenvalue weighted by Crippen LogP contribution is -2.44. The number of nitrogens with one attached hydrogen (secondary N) is 2. The monoisotopic (exact) mass is 323 g/mol. The average Bonchev–Trinajstić information content (AvgIpc) is 2.66. The van der Waals surface area contributed by atoms with Crippen LogP contribution in [0.4, 0.5) is 10.5 Å². The van der Waals surface area contributed by atoms with E-state index in [-0.39, 0.29) is 6.54 Å². The molecule has 1 aliphatic heterocycles. The third-order valence-corrected chi connectivity index (χ3v) is 4.07. The Morgan fingerprint density at radius 2 is 2.09 bits per heavy atom. The first kappa shape index (κ1) is 16.3. The number of anilines is 1. The van der Waals surface area contributed by atoms with Gasteiger partial charge in [0.2, 0.25) is 5.91 Å². The Kier molecular flexibility index (Phi) is 4.42. The van der Waals surface area contributed by atoms with Crippen molar-refractivity contribution in [3.05, 3.63) is 28.8 Å². The van der Waals surface area contributed by atoms with Gasteiger partial charge in [0, 0.05) is 0 Å². The Morgan fingerprint density at radius 1 is 1.41 bits per heavy atom. The zero-order valence-electron chi connectivity index (χ0n) is 12.7. The fourth-order valence-corrected chi connectivity index (χ4v) is 2.47. The molecule has 1 aromatic rings. The molecule has 1 atom stereocenters. The van der Waals surface area contributed by atoms with Gasteiger partial charge in [0.1, 0.15) is 12.1 Å². The summed E-state index contributed by atoms with van der Waals surface area (Å²) in [5.74, 6) is -0.875. The highest BCUT2D eigenvalue weighted by molar-refractivity contribution is 6.33. The van der Waals surface area contributed by atoms with Gasteiger partial charge in [-0.05, 0) is 38.0 Å². The van der Waals surface area contributed by atoms with Crippen molar-refractivity contribution < 1.29 is 14.4 Å². The van der Waals surface area contributed by atoms with E-state index in [1.54, 1.807) is 26.0 Å². The van der Waals surface area contributed by atoms with E-state index in [1.807, 2.05) is 13.0 Å². The maximum atomic E-state index is 12.2. The molecular formula is C15H18ClN3O3. The van der Waals surface area contributed by atoms with E-state index in [1.165, 1.54) is 0 Å². The van der Waals surface area contributed by atoms with E-state index in [4.69, 9.17) is 11.6 Å². The lowest BCUT2D eigenvalue weighted by atomic mass is 9.99. The number of benzene rings is 1. The van der Waals surface area contributed by atoms with E-state index < -0.39 is 23.4 Å². The number of nitrogens with zero attached hydrogens (tertiary/aromatic N) is 1. The Hall–Kier alpha value is -2.08. The zero-order chi connectivity index (χ0) is 16.5. The van der Waals surface area contributed by atoms with E-state index >= 15 is 0 Å². The van der Waals surface area contributed by atoms with Crippen LogP contribution in [0.15, 0.2) is 18.2 Å². The number of aryl methyl sites for hydroxylation is 1. The van der Waals surface area contributed by atoms with Crippen molar-refractivity contribution in [2.45, 2.75) is 32.7 Å². The minimum absolute atomic E-state index is 0.343. The summed E-state index contributed by atoms with van der Waals surface area (Å²) in [6.07, 6.45) is 0.458. The summed E-state index contributed by atoms with van der Waals surface area (Å²) in [7, 11) is 0. The Morgan fingerprint density at radius 3 is 2.64 bits per heavy atom. The quantitative estimate of drug-likeness (QED) is 0.835. The molecule has 4 amide bonds. The van der Waals surface area contributed by atoms with Crippen LogP contribution in [-0.2, 0) is 9.59 Å². The van der Waals surface area contributed by atoms with E-state index in [9.17, 15) is 14.4 Å². The van der Waals surface area contributed by atoms with Crippen molar-refractivity contribution in [1.82, 2.24) is 10.2 Å². The van der Waals surface area contributed by atoms with Crippen LogP contribution >= 0.6 is 11.6 Å². The summed E-state index contributed by atoms with van der Waals surface area (Å²) in [5, 5.41) is 5.61. The summed E-state index contributed by atoms with van der Waals surface area (Å²) < 4.78 is 0. The average molecular weight is 324 g/mol. The van der Waals surface area contributed by atoms with Crippen LogP contribution < -0.4 is 10.6 Å². The number of urea groups is 1. The third kappa shape index (κ3) is 3.06. The minimum Gasteiger partial charge on any atom is -0.323 e. The Labute approximate surface area is 133 Å². The molecule has 0 radical (unpaired) electrons. The lowest BCUT2D eigenvalue weighted by molar-refractivity contribution is -0.133. The summed E-state index contributed by atoms with van der Waals surface area (Å²) in [6.45, 7) is 4.98. The van der Waals surface area contributed by atoms with Gasteiger partial charge in [0.25, 0.3) is 5.91 Å². The van der Waals surface area contributed by atoms with Crippen molar-refractivity contribution in [1.29, 1.82) is 0 Å². The molecule has 7 heteroatoms. The number of halogens is 1. The predicted molar refractivity (Wildman–Crippen MR) is 83.8 cm³/mol. The van der Waals surface area contributed by atoms with Crippen LogP contribution in [0.1, 0.15) is 25.8 Å². The molecule has 22 heavy (non-hydrogen) atoms. The van der Waals surface area contributed by atoms with Crippen LogP contribution in [0.2, 0.25) is 5.02 Å². The van der Waals surface area contributed by atoms with Gasteiger partial charge in [-0.1, -0.05) is 24.6 Å². The standard InChI is InChI=1S/C15H18ClN3O3/c1-4-15(3)13(21)19(14(22)18-15)8-12(20)17-11-6-5-9(2)7-10(11)16/h5-7H,4,8H2,1-3H3,(H,17,20)(H,18,22)/t15-/m0/s1. The third-order valence-electron chi connectivity index (χ3n) is 3.75. The number of carbonyl (C=O) groups excluding carboxylic acids is 3. The topological polar surface area (TPSA) is 78.5 Å². The van der Waals surface area contributed by atoms with Crippen molar-refractivity contribution in [3.63, 3.8) is 0 Å². The minimum atomic E-state index is -0.946. The van der Waals surface area contributed by atoms with Crippen LogP contribution in [0, 0.1) is 6.92 Å². The molecule has 2 N–H and O–H groups in total. The van der Waals surface area contributed by atoms with Gasteiger partial charge in [-0.2, -0.15) is 0 Å². The van der Waals surface area contributed by atoms with Crippen LogP contribution in [0.25, 0.3) is 0 Å². The van der Waals surface area contributed by atoms with Gasteiger partial charge in [0.05, 0.1) is 10.7 Å². The largest absolute Gasteiger partial charge is 0.325 e. The molecule has 118 valence electrons. The molecule has 0 saturated carbocycles. The molecule has 0 unspecified atom stereocenters. The number of amides is 4. The molecule has 1 aromatic carbocycles. The van der Waals surface area contributed by atoms with Crippen LogP contribution in [-0.4, -0.2) is 34.8 Å². The van der Waals surface area contributed by atoms with Gasteiger partial charge < -0.3 is 10.6 Å². The number of hydrogen-bond acceptors (Lipinski definition) is 3. The lowest BCUT2D eigenvalue weighted by Gasteiger charge is -2.19. The smallest absolute Gasteiger partial charge is 0.323 e. The maximum Gasteiger partial charge on any atom is 0.325 e. The molecule has 2 rings (SSSR count). The van der Waals surface area contributed by atoms with Gasteiger partial charge >= 0.3 is 6.03 Å². The van der Waals surface area contributed by atoms with E-state index in [2.05, 4.69) is 10.6 Å². The Balaban J connectivity index is 2.06. The highest BCUT2D eigenvalue weighted by Gasteiger charge is 2.46. The van der Waals surface area contributed by atoms with Crippen molar-refractivity contribution in [3.8, 4) is 0 Å². The first-order valence-corrected chi connectivity index (χ1v) is 7.35. The first-order chi connectivity index (χ1) is 10.3. The number of rotatable bonds is 4. The van der Waals surface area contributed by atoms with Crippen molar-refractivity contribution in [2.24, 2.45) is 0 Å². The van der Waals surface area contributed by atoms with Gasteiger partial charge in [0.15, 0.2) is 0 Å². The molecule has 0 aromatic heterocycles. The van der Waals surface area contributed by atoms with Crippen molar-refractivity contribution in [2.75, 3.05) is 11.9 Å². The first-order valence-electron chi connectivity index (χ1n) is 6.97. The molecule has 0 aliphatic carbocycles. The molecule has 1 saturated heterocycles. The SMILES string of the molecule is CC[C@]1(C)NC(=O)N(CC(=O)Nc2ccc(C)cc2Cl)C1=O. The summed E-state index contributed by atoms with van der Waals surface area (Å²) >= 11 is 6.04. The van der Waals surface area contributed by atoms with Crippen LogP contribution in [0.3, 0.4) is 0 Å². The predicted octanol–water partition coefficient (Wildman–Crippen LogP) is 2.31. The summed E-state index contributed by atoms with van der Waals surface area (Å²) in [4.78, 5) is 37.0. The summed E-state index contributed by atoms with van der Waals surface area (Å²) in [6, 6.07) is 4.65. The fourth-order valence-electron chi connectivity index (χ4n) is 2.19. The van der Waals surface area contributed by atoms with Crippen LogP contribution in [0.5, 0.6) is 0 Å². The second-order valence-electron chi connectivity index (χ2n) is 5.54. The highest BCUT2D eigenvalue weighted by Crippen LogP contribution is 2.23. The second-order valence-corrected chi connectivity index (χ2v) is 5.95. The summed E-state index contributed by atoms with van der Waals surface area (Å²) in [5.41, 5.74) is 0.470. The maximum absolute atomic E-state index is 12.2. The van der Waals surface area contributed by atoms with Crippen molar-refractivity contribution >= 4 is 35.1 Å². The Bertz CT molecular complexity index is 647.